The van der Waals surface area contributed by atoms with Crippen molar-refractivity contribution < 1.29 is 18.4 Å². The Hall–Kier alpha value is -4.43. The number of halogens is 2. The zero-order chi connectivity index (χ0) is 36.1. The zero-order valence-corrected chi connectivity index (χ0v) is 30.9. The first-order chi connectivity index (χ1) is 23.4. The van der Waals surface area contributed by atoms with Gasteiger partial charge in [-0.25, -0.2) is 13.8 Å². The van der Waals surface area contributed by atoms with Crippen LogP contribution >= 0.6 is 11.3 Å². The molecule has 1 aromatic heterocycles. The fourth-order valence-electron chi connectivity index (χ4n) is 7.46. The molecule has 8 heteroatoms. The molecule has 0 saturated heterocycles. The number of allylic oxidation sites excluding steroid dienone is 3. The molecule has 2 heterocycles. The second kappa shape index (κ2) is 11.6. The molecular weight excluding hydrogens is 649 g/mol. The first-order valence-corrected chi connectivity index (χ1v) is 17.9. The van der Waals surface area contributed by atoms with Gasteiger partial charge in [-0.2, -0.15) is 0 Å². The molecule has 2 aromatic carbocycles. The van der Waals surface area contributed by atoms with E-state index in [4.69, 9.17) is 4.99 Å². The molecule has 4 aliphatic rings. The SMILES string of the molecule is CN1C=C(N(c2ccc(C(C)(C)C)cc2)C2C=CC(C(C)(C)C)=CC2)N=C2C1c1sc(C=C3C(=O)c4cc(F)c(F)cc4C3=O)cc1C2(C)C. The Morgan fingerprint density at radius 3 is 2.10 bits per heavy atom. The maximum atomic E-state index is 13.9. The highest BCUT2D eigenvalue weighted by Gasteiger charge is 2.48. The molecule has 0 fully saturated rings. The highest BCUT2D eigenvalue weighted by atomic mass is 32.1. The summed E-state index contributed by atoms with van der Waals surface area (Å²) in [4.78, 5) is 38.1. The molecule has 0 amide bonds. The van der Waals surface area contributed by atoms with E-state index in [0.717, 1.165) is 51.1 Å². The summed E-state index contributed by atoms with van der Waals surface area (Å²) in [5.74, 6) is -2.59. The van der Waals surface area contributed by atoms with Crippen molar-refractivity contribution in [1.29, 1.82) is 0 Å². The second-order valence-corrected chi connectivity index (χ2v) is 17.5. The molecule has 50 heavy (non-hydrogen) atoms. The first-order valence-electron chi connectivity index (χ1n) is 17.1. The number of carbonyl (C=O) groups is 2. The van der Waals surface area contributed by atoms with Crippen LogP contribution in [0.2, 0.25) is 0 Å². The minimum Gasteiger partial charge on any atom is -0.364 e. The lowest BCUT2D eigenvalue weighted by Gasteiger charge is -2.39. The van der Waals surface area contributed by atoms with Crippen LogP contribution in [0.3, 0.4) is 0 Å². The Kier molecular flexibility index (Phi) is 7.87. The molecule has 2 atom stereocenters. The van der Waals surface area contributed by atoms with Crippen molar-refractivity contribution in [2.24, 2.45) is 10.4 Å². The van der Waals surface area contributed by atoms with Gasteiger partial charge in [-0.1, -0.05) is 85.8 Å². The number of anilines is 1. The zero-order valence-electron chi connectivity index (χ0n) is 30.1. The lowest BCUT2D eigenvalue weighted by Crippen LogP contribution is -2.40. The van der Waals surface area contributed by atoms with Crippen molar-refractivity contribution in [3.8, 4) is 0 Å². The number of fused-ring (bicyclic) bond motifs is 4. The molecule has 3 aliphatic carbocycles. The van der Waals surface area contributed by atoms with E-state index in [0.29, 0.717) is 0 Å². The highest BCUT2D eigenvalue weighted by molar-refractivity contribution is 7.13. The number of hydrogen-bond acceptors (Lipinski definition) is 6. The Morgan fingerprint density at radius 2 is 1.56 bits per heavy atom. The summed E-state index contributed by atoms with van der Waals surface area (Å²) in [6.45, 7) is 17.7. The van der Waals surface area contributed by atoms with Crippen LogP contribution in [-0.4, -0.2) is 35.3 Å². The van der Waals surface area contributed by atoms with E-state index >= 15 is 0 Å². The summed E-state index contributed by atoms with van der Waals surface area (Å²) in [7, 11) is 2.07. The van der Waals surface area contributed by atoms with Gasteiger partial charge in [0.05, 0.1) is 17.3 Å². The number of benzene rings is 2. The van der Waals surface area contributed by atoms with Gasteiger partial charge in [0, 0.05) is 45.2 Å². The molecule has 1 aliphatic heterocycles. The number of rotatable bonds is 4. The van der Waals surface area contributed by atoms with Gasteiger partial charge >= 0.3 is 0 Å². The molecule has 3 aromatic rings. The topological polar surface area (TPSA) is 53.0 Å². The quantitative estimate of drug-likeness (QED) is 0.202. The lowest BCUT2D eigenvalue weighted by molar-refractivity contribution is 0.0990. The smallest absolute Gasteiger partial charge is 0.197 e. The first kappa shape index (κ1) is 34.0. The van der Waals surface area contributed by atoms with Crippen molar-refractivity contribution in [2.45, 2.75) is 84.7 Å². The molecule has 0 N–H and O–H groups in total. The van der Waals surface area contributed by atoms with E-state index in [-0.39, 0.29) is 39.6 Å². The fraction of sp³-hybridized carbons (Fsp3) is 0.357. The van der Waals surface area contributed by atoms with Crippen LogP contribution in [0, 0.1) is 17.0 Å². The third-order valence-electron chi connectivity index (χ3n) is 10.4. The van der Waals surface area contributed by atoms with E-state index in [1.807, 2.05) is 6.07 Å². The van der Waals surface area contributed by atoms with Gasteiger partial charge in [0.15, 0.2) is 23.2 Å². The molecular formula is C42H43F2N3O2S. The number of hydrogen-bond donors (Lipinski definition) is 0. The van der Waals surface area contributed by atoms with Gasteiger partial charge in [0.25, 0.3) is 0 Å². The average Bonchev–Trinajstić information content (AvgIpc) is 3.63. The molecule has 258 valence electrons. The number of thiophene rings is 1. The van der Waals surface area contributed by atoms with Gasteiger partial charge in [-0.15, -0.1) is 11.3 Å². The van der Waals surface area contributed by atoms with Crippen LogP contribution in [-0.2, 0) is 10.8 Å². The van der Waals surface area contributed by atoms with Crippen LogP contribution in [0.25, 0.3) is 6.08 Å². The van der Waals surface area contributed by atoms with Gasteiger partial charge in [-0.05, 0) is 70.4 Å². The maximum absolute atomic E-state index is 13.9. The number of nitrogens with zero attached hydrogens (tertiary/aromatic N) is 3. The van der Waals surface area contributed by atoms with E-state index in [1.54, 1.807) is 6.08 Å². The van der Waals surface area contributed by atoms with E-state index < -0.39 is 28.6 Å². The average molecular weight is 692 g/mol. The van der Waals surface area contributed by atoms with Crippen molar-refractivity contribution in [2.75, 3.05) is 11.9 Å². The summed E-state index contributed by atoms with van der Waals surface area (Å²) >= 11 is 1.52. The Labute approximate surface area is 297 Å². The second-order valence-electron chi connectivity index (χ2n) is 16.4. The predicted octanol–water partition coefficient (Wildman–Crippen LogP) is 10.1. The Morgan fingerprint density at radius 1 is 0.940 bits per heavy atom. The Balaban J connectivity index is 1.24. The van der Waals surface area contributed by atoms with Crippen LogP contribution in [0.15, 0.2) is 88.9 Å². The number of aliphatic imine (C=N–C) groups is 1. The number of Topliss-reactive ketones (excluding diaryl/α,β-unsaturated/α-hetero) is 2. The minimum absolute atomic E-state index is 0.0362. The summed E-state index contributed by atoms with van der Waals surface area (Å²) in [5.41, 5.74) is 5.19. The Bertz CT molecular complexity index is 2070. The molecule has 0 bridgehead atoms. The third-order valence-corrected chi connectivity index (χ3v) is 11.6. The summed E-state index contributed by atoms with van der Waals surface area (Å²) < 4.78 is 27.9. The van der Waals surface area contributed by atoms with E-state index in [9.17, 15) is 18.4 Å². The van der Waals surface area contributed by atoms with Gasteiger partial charge in [-0.3, -0.25) is 9.59 Å². The standard InChI is InChI=1S/C42H43F2N3O2S/c1-40(2,3)23-10-14-25(15-11-23)47(26-16-12-24(13-17-26)41(4,5)6)34-22-46(9)35-38-31(42(7,8)39(35)45-34)19-27(50-38)18-30-36(48)28-20-32(43)33(44)21-29(28)37(30)49/h10-16,18-22,26,35H,17H2,1-9H3. The van der Waals surface area contributed by atoms with Crippen molar-refractivity contribution in [1.82, 2.24) is 4.90 Å². The van der Waals surface area contributed by atoms with Crippen LogP contribution < -0.4 is 4.90 Å². The molecule has 2 unspecified atom stereocenters. The third kappa shape index (κ3) is 5.52. The van der Waals surface area contributed by atoms with E-state index in [1.165, 1.54) is 22.5 Å². The van der Waals surface area contributed by atoms with E-state index in [2.05, 4.69) is 121 Å². The highest BCUT2D eigenvalue weighted by Crippen LogP contribution is 2.52. The van der Waals surface area contributed by atoms with Crippen molar-refractivity contribution in [3.63, 3.8) is 0 Å². The normalized spacial score (nSPS) is 21.1. The molecule has 0 radical (unpaired) electrons. The molecule has 0 saturated carbocycles. The molecule has 7 rings (SSSR count). The van der Waals surface area contributed by atoms with Gasteiger partial charge < -0.3 is 9.80 Å². The lowest BCUT2D eigenvalue weighted by atomic mass is 9.82. The van der Waals surface area contributed by atoms with Crippen molar-refractivity contribution in [3.05, 3.63) is 128 Å². The van der Waals surface area contributed by atoms with Crippen molar-refractivity contribution >= 4 is 40.4 Å². The summed E-state index contributed by atoms with van der Waals surface area (Å²) in [6.07, 6.45) is 11.5. The van der Waals surface area contributed by atoms with Gasteiger partial charge in [0.2, 0.25) is 0 Å². The summed E-state index contributed by atoms with van der Waals surface area (Å²) in [5, 5.41) is 0. The largest absolute Gasteiger partial charge is 0.364 e. The predicted molar refractivity (Wildman–Crippen MR) is 199 cm³/mol. The van der Waals surface area contributed by atoms with Crippen LogP contribution in [0.5, 0.6) is 0 Å². The summed E-state index contributed by atoms with van der Waals surface area (Å²) in [6, 6.07) is 12.5. The number of ketones is 2. The van der Waals surface area contributed by atoms with Gasteiger partial charge in [0.1, 0.15) is 11.9 Å². The number of carbonyl (C=O) groups excluding carboxylic acids is 2. The maximum Gasteiger partial charge on any atom is 0.197 e. The van der Waals surface area contributed by atoms with Crippen LogP contribution in [0.4, 0.5) is 14.5 Å². The minimum atomic E-state index is -1.14. The molecule has 0 spiro atoms. The fourth-order valence-corrected chi connectivity index (χ4v) is 8.88. The molecule has 5 nitrogen and oxygen atoms in total. The monoisotopic (exact) mass is 691 g/mol. The van der Waals surface area contributed by atoms with Crippen LogP contribution in [0.1, 0.15) is 109 Å².